The second-order valence-electron chi connectivity index (χ2n) is 9.33. The van der Waals surface area contributed by atoms with E-state index in [0.717, 1.165) is 38.9 Å². The van der Waals surface area contributed by atoms with Crippen molar-refractivity contribution < 1.29 is 4.79 Å². The third kappa shape index (κ3) is 4.61. The predicted octanol–water partition coefficient (Wildman–Crippen LogP) is 4.92. The summed E-state index contributed by atoms with van der Waals surface area (Å²) < 4.78 is 3.27. The largest absolute Gasteiger partial charge is 0.381 e. The molecule has 4 heterocycles. The molecule has 1 amide bonds. The molecule has 0 saturated heterocycles. The van der Waals surface area contributed by atoms with Crippen LogP contribution in [0.15, 0.2) is 85.5 Å². The Kier molecular flexibility index (Phi) is 6.08. The number of nitrogens with zero attached hydrogens (tertiary/aromatic N) is 6. The van der Waals surface area contributed by atoms with Crippen LogP contribution in [0.25, 0.3) is 39.8 Å². The number of hydrogen-bond acceptors (Lipinski definition) is 6. The van der Waals surface area contributed by atoms with Gasteiger partial charge >= 0.3 is 0 Å². The number of nitrogens with two attached hydrogens (primary N) is 1. The molecule has 9 heteroatoms. The summed E-state index contributed by atoms with van der Waals surface area (Å²) in [5, 5.41) is 12.5. The van der Waals surface area contributed by atoms with E-state index in [4.69, 9.17) is 10.7 Å². The molecule has 1 atom stereocenters. The van der Waals surface area contributed by atoms with E-state index < -0.39 is 6.04 Å². The smallest absolute Gasteiger partial charge is 0.259 e. The maximum atomic E-state index is 13.4. The van der Waals surface area contributed by atoms with Gasteiger partial charge in [0.05, 0.1) is 23.4 Å². The van der Waals surface area contributed by atoms with Crippen LogP contribution in [0.1, 0.15) is 40.1 Å². The lowest BCUT2D eigenvalue weighted by Crippen LogP contribution is -2.28. The number of nitrogens with one attached hydrogen (secondary N) is 1. The summed E-state index contributed by atoms with van der Waals surface area (Å²) in [6, 6.07) is 19.5. The molecule has 0 unspecified atom stereocenters. The molecule has 0 aliphatic rings. The minimum absolute atomic E-state index is 0.123. The summed E-state index contributed by atoms with van der Waals surface area (Å²) in [4.78, 5) is 22.7. The second-order valence-corrected chi connectivity index (χ2v) is 9.33. The Hall–Kier alpha value is -5.31. The van der Waals surface area contributed by atoms with E-state index in [1.165, 1.54) is 4.52 Å². The number of amides is 1. The monoisotopic (exact) mass is 514 g/mol. The Balaban J connectivity index is 1.42. The van der Waals surface area contributed by atoms with Gasteiger partial charge in [-0.1, -0.05) is 54.6 Å². The average Bonchev–Trinajstić information content (AvgIpc) is 3.52. The van der Waals surface area contributed by atoms with Gasteiger partial charge in [-0.05, 0) is 36.2 Å². The van der Waals surface area contributed by atoms with Crippen molar-refractivity contribution in [2.45, 2.75) is 13.0 Å². The number of benzene rings is 2. The van der Waals surface area contributed by atoms with E-state index in [-0.39, 0.29) is 17.3 Å². The van der Waals surface area contributed by atoms with Crippen LogP contribution in [-0.4, -0.2) is 35.3 Å². The molecular weight excluding hydrogens is 488 g/mol. The van der Waals surface area contributed by atoms with Crippen LogP contribution in [-0.2, 0) is 7.05 Å². The number of aryl methyl sites for hydroxylation is 1. The number of carbonyl (C=O) groups is 1. The molecular formula is C30H26N8O. The van der Waals surface area contributed by atoms with Crippen LogP contribution in [0.3, 0.4) is 0 Å². The number of fused-ring (bicyclic) bond motifs is 2. The molecule has 0 aliphatic heterocycles. The lowest BCUT2D eigenvalue weighted by atomic mass is 9.96. The molecule has 0 bridgehead atoms. The van der Waals surface area contributed by atoms with Gasteiger partial charge in [0.15, 0.2) is 11.5 Å². The zero-order valence-electron chi connectivity index (χ0n) is 21.5. The van der Waals surface area contributed by atoms with Gasteiger partial charge < -0.3 is 11.1 Å². The van der Waals surface area contributed by atoms with Crippen molar-refractivity contribution in [3.05, 3.63) is 108 Å². The standard InChI is InChI=1S/C30H26N8O/c1-19(34-30(39)26-28(31)36-38-15-7-14-32-29(26)38)27-24(21-8-4-3-5-9-21)16-23-22(10-6-11-25(23)35-27)13-12-20-17-33-37(2)18-20/h3-19H,1-2H3,(H2,31,36)(H,34,39)/b13-12+/t19-/m0/s1. The number of hydrogen-bond donors (Lipinski definition) is 2. The van der Waals surface area contributed by atoms with Crippen molar-refractivity contribution in [2.24, 2.45) is 7.05 Å². The van der Waals surface area contributed by atoms with Crippen LogP contribution in [0, 0.1) is 0 Å². The van der Waals surface area contributed by atoms with Gasteiger partial charge in [-0.2, -0.15) is 5.10 Å². The Morgan fingerprint density at radius 2 is 1.92 bits per heavy atom. The highest BCUT2D eigenvalue weighted by atomic mass is 16.1. The number of rotatable bonds is 6. The maximum Gasteiger partial charge on any atom is 0.259 e. The first-order chi connectivity index (χ1) is 19.0. The highest BCUT2D eigenvalue weighted by Gasteiger charge is 2.23. The quantitative estimate of drug-likeness (QED) is 0.326. The molecule has 9 nitrogen and oxygen atoms in total. The number of aromatic nitrogens is 6. The van der Waals surface area contributed by atoms with Crippen molar-refractivity contribution in [3.63, 3.8) is 0 Å². The van der Waals surface area contributed by atoms with Crippen LogP contribution < -0.4 is 11.1 Å². The van der Waals surface area contributed by atoms with E-state index in [1.54, 1.807) is 23.1 Å². The summed E-state index contributed by atoms with van der Waals surface area (Å²) >= 11 is 0. The highest BCUT2D eigenvalue weighted by Crippen LogP contribution is 2.32. The van der Waals surface area contributed by atoms with Crippen molar-refractivity contribution in [2.75, 3.05) is 5.73 Å². The third-order valence-corrected chi connectivity index (χ3v) is 6.59. The first kappa shape index (κ1) is 24.1. The van der Waals surface area contributed by atoms with Gasteiger partial charge in [-0.15, -0.1) is 5.10 Å². The summed E-state index contributed by atoms with van der Waals surface area (Å²) in [5.74, 6) is -0.235. The molecule has 0 saturated carbocycles. The Labute approximate surface area is 224 Å². The van der Waals surface area contributed by atoms with Gasteiger partial charge in [-0.25, -0.2) is 14.5 Å². The molecule has 6 aromatic rings. The third-order valence-electron chi connectivity index (χ3n) is 6.59. The minimum Gasteiger partial charge on any atom is -0.381 e. The SMILES string of the molecule is C[C@H](NC(=O)c1c(N)nn2cccnc12)c1nc2cccc(/C=C/c3cnn(C)c3)c2cc1-c1ccccc1. The van der Waals surface area contributed by atoms with E-state index in [0.29, 0.717) is 5.65 Å². The summed E-state index contributed by atoms with van der Waals surface area (Å²) in [7, 11) is 1.90. The normalized spacial score (nSPS) is 12.4. The number of anilines is 1. The van der Waals surface area contributed by atoms with Crippen LogP contribution in [0.2, 0.25) is 0 Å². The summed E-state index contributed by atoms with van der Waals surface area (Å²) in [6.07, 6.45) is 11.2. The molecule has 0 radical (unpaired) electrons. The molecule has 3 N–H and O–H groups in total. The van der Waals surface area contributed by atoms with Crippen molar-refractivity contribution in [3.8, 4) is 11.1 Å². The van der Waals surface area contributed by atoms with Gasteiger partial charge in [0, 0.05) is 42.2 Å². The lowest BCUT2D eigenvalue weighted by molar-refractivity contribution is 0.0941. The van der Waals surface area contributed by atoms with Crippen molar-refractivity contribution in [1.29, 1.82) is 0 Å². The highest BCUT2D eigenvalue weighted by molar-refractivity contribution is 6.04. The molecule has 192 valence electrons. The molecule has 0 fully saturated rings. The van der Waals surface area contributed by atoms with E-state index in [1.807, 2.05) is 74.9 Å². The van der Waals surface area contributed by atoms with Gasteiger partial charge in [-0.3, -0.25) is 9.48 Å². The summed E-state index contributed by atoms with van der Waals surface area (Å²) in [5.41, 5.74) is 12.3. The Morgan fingerprint density at radius 3 is 2.72 bits per heavy atom. The fraction of sp³-hybridized carbons (Fsp3) is 0.100. The zero-order chi connectivity index (χ0) is 26.9. The van der Waals surface area contributed by atoms with Gasteiger partial charge in [0.2, 0.25) is 0 Å². The number of nitrogen functional groups attached to an aromatic ring is 1. The molecule has 6 rings (SSSR count). The lowest BCUT2D eigenvalue weighted by Gasteiger charge is -2.19. The molecule has 2 aromatic carbocycles. The van der Waals surface area contributed by atoms with E-state index in [2.05, 4.69) is 38.7 Å². The topological polar surface area (TPSA) is 116 Å². The Bertz CT molecular complexity index is 1850. The number of carbonyl (C=O) groups excluding carboxylic acids is 1. The first-order valence-electron chi connectivity index (χ1n) is 12.5. The minimum atomic E-state index is -0.426. The molecule has 4 aromatic heterocycles. The van der Waals surface area contributed by atoms with Crippen LogP contribution in [0.5, 0.6) is 0 Å². The molecule has 0 aliphatic carbocycles. The fourth-order valence-corrected chi connectivity index (χ4v) is 4.73. The van der Waals surface area contributed by atoms with Crippen molar-refractivity contribution >= 4 is 40.4 Å². The molecule has 39 heavy (non-hydrogen) atoms. The van der Waals surface area contributed by atoms with E-state index >= 15 is 0 Å². The van der Waals surface area contributed by atoms with E-state index in [9.17, 15) is 4.79 Å². The van der Waals surface area contributed by atoms with Crippen LogP contribution >= 0.6 is 0 Å². The number of pyridine rings is 1. The maximum absolute atomic E-state index is 13.4. The average molecular weight is 515 g/mol. The molecule has 0 spiro atoms. The fourth-order valence-electron chi connectivity index (χ4n) is 4.73. The zero-order valence-corrected chi connectivity index (χ0v) is 21.5. The van der Waals surface area contributed by atoms with Gasteiger partial charge in [0.25, 0.3) is 5.91 Å². The first-order valence-corrected chi connectivity index (χ1v) is 12.5. The Morgan fingerprint density at radius 1 is 1.08 bits per heavy atom. The van der Waals surface area contributed by atoms with Gasteiger partial charge in [0.1, 0.15) is 5.56 Å². The van der Waals surface area contributed by atoms with Crippen LogP contribution in [0.4, 0.5) is 5.82 Å². The predicted molar refractivity (Wildman–Crippen MR) is 153 cm³/mol. The second kappa shape index (κ2) is 9.86. The summed E-state index contributed by atoms with van der Waals surface area (Å²) in [6.45, 7) is 1.92. The van der Waals surface area contributed by atoms with Crippen molar-refractivity contribution in [1.82, 2.24) is 34.7 Å².